The lowest BCUT2D eigenvalue weighted by atomic mass is 10.1. The second-order valence-corrected chi connectivity index (χ2v) is 6.15. The molecule has 0 aromatic heterocycles. The molecule has 0 saturated heterocycles. The molecule has 0 bridgehead atoms. The van der Waals surface area contributed by atoms with E-state index in [2.05, 4.69) is 5.32 Å². The number of hydrogen-bond donors (Lipinski definition) is 1. The fourth-order valence-corrected chi connectivity index (χ4v) is 2.01. The number of nitrogens with zero attached hydrogens (tertiary/aromatic N) is 1. The van der Waals surface area contributed by atoms with Crippen LogP contribution in [0.1, 0.15) is 32.3 Å². The van der Waals surface area contributed by atoms with Crippen LogP contribution in [0.2, 0.25) is 0 Å². The summed E-state index contributed by atoms with van der Waals surface area (Å²) in [6.45, 7) is 3.92. The van der Waals surface area contributed by atoms with Crippen LogP contribution in [0.5, 0.6) is 0 Å². The summed E-state index contributed by atoms with van der Waals surface area (Å²) < 4.78 is 19.4. The van der Waals surface area contributed by atoms with Gasteiger partial charge in [-0.3, -0.25) is 4.79 Å². The van der Waals surface area contributed by atoms with Gasteiger partial charge in [-0.25, -0.2) is 13.6 Å². The maximum atomic E-state index is 13.0. The summed E-state index contributed by atoms with van der Waals surface area (Å²) in [5.74, 6) is -1.25. The van der Waals surface area contributed by atoms with Gasteiger partial charge in [0.1, 0.15) is 17.9 Å². The highest BCUT2D eigenvalue weighted by atomic mass is 35.5. The lowest BCUT2D eigenvalue weighted by molar-refractivity contribution is -0.148. The normalized spacial score (nSPS) is 13.4. The molecular weight excluding hydrogens is 335 g/mol. The minimum Gasteiger partial charge on any atom is -0.464 e. The Labute approximate surface area is 147 Å². The van der Waals surface area contributed by atoms with Crippen molar-refractivity contribution in [1.82, 2.24) is 9.74 Å². The van der Waals surface area contributed by atoms with E-state index in [1.54, 1.807) is 26.1 Å². The van der Waals surface area contributed by atoms with Crippen molar-refractivity contribution < 1.29 is 18.7 Å². The van der Waals surface area contributed by atoms with Crippen molar-refractivity contribution in [2.45, 2.75) is 45.2 Å². The standard InChI is InChI=1S/C17H24ClFN2O3/c1-4-5-10-24-17(23)15(20-16(22)12(2)21(3)18)11-13-6-8-14(19)9-7-13/h6-9,12,15H,4-5,10-11H2,1-3H3,(H,20,22)/t12-,15-/m1/s1. The Bertz CT molecular complexity index is 537. The highest BCUT2D eigenvalue weighted by Gasteiger charge is 2.26. The smallest absolute Gasteiger partial charge is 0.328 e. The summed E-state index contributed by atoms with van der Waals surface area (Å²) in [6.07, 6.45) is 1.87. The highest BCUT2D eigenvalue weighted by molar-refractivity contribution is 6.14. The maximum Gasteiger partial charge on any atom is 0.328 e. The number of ether oxygens (including phenoxy) is 1. The number of amides is 1. The van der Waals surface area contributed by atoms with Gasteiger partial charge < -0.3 is 10.1 Å². The number of likely N-dealkylation sites (N-methyl/N-ethyl adjacent to an activating group) is 1. The van der Waals surface area contributed by atoms with Crippen LogP contribution in [0.25, 0.3) is 0 Å². The molecule has 2 atom stereocenters. The third-order valence-electron chi connectivity index (χ3n) is 3.61. The molecule has 0 aliphatic carbocycles. The number of halogens is 2. The molecule has 0 fully saturated rings. The molecule has 0 aliphatic rings. The molecule has 0 spiro atoms. The Morgan fingerprint density at radius 2 is 1.96 bits per heavy atom. The number of rotatable bonds is 9. The number of benzene rings is 1. The van der Waals surface area contributed by atoms with Gasteiger partial charge in [-0.15, -0.1) is 0 Å². The summed E-state index contributed by atoms with van der Waals surface area (Å²) in [5, 5.41) is 2.65. The SMILES string of the molecule is CCCCOC(=O)[C@@H](Cc1ccc(F)cc1)NC(=O)[C@@H](C)N(C)Cl. The van der Waals surface area contributed by atoms with E-state index < -0.39 is 18.1 Å². The first-order chi connectivity index (χ1) is 11.3. The molecule has 0 heterocycles. The molecule has 0 radical (unpaired) electrons. The summed E-state index contributed by atoms with van der Waals surface area (Å²) in [6, 6.07) is 4.32. The zero-order chi connectivity index (χ0) is 18.1. The van der Waals surface area contributed by atoms with Crippen molar-refractivity contribution in [3.05, 3.63) is 35.6 Å². The van der Waals surface area contributed by atoms with Crippen LogP contribution in [0.4, 0.5) is 4.39 Å². The molecule has 134 valence electrons. The molecule has 1 amide bonds. The van der Waals surface area contributed by atoms with Gasteiger partial charge in [0.25, 0.3) is 0 Å². The second-order valence-electron chi connectivity index (χ2n) is 5.61. The van der Waals surface area contributed by atoms with E-state index in [1.165, 1.54) is 16.6 Å². The number of unbranched alkanes of at least 4 members (excludes halogenated alkanes) is 1. The number of carbonyl (C=O) groups excluding carboxylic acids is 2. The summed E-state index contributed by atoms with van der Waals surface area (Å²) >= 11 is 5.78. The fourth-order valence-electron chi connectivity index (χ4n) is 1.92. The molecule has 0 saturated carbocycles. The zero-order valence-corrected chi connectivity index (χ0v) is 15.0. The van der Waals surface area contributed by atoms with Crippen LogP contribution in [0, 0.1) is 5.82 Å². The van der Waals surface area contributed by atoms with Crippen LogP contribution in [-0.4, -0.2) is 42.0 Å². The fraction of sp³-hybridized carbons (Fsp3) is 0.529. The van der Waals surface area contributed by atoms with Crippen LogP contribution in [0.15, 0.2) is 24.3 Å². The van der Waals surface area contributed by atoms with Crippen molar-refractivity contribution in [1.29, 1.82) is 0 Å². The highest BCUT2D eigenvalue weighted by Crippen LogP contribution is 2.09. The number of carbonyl (C=O) groups is 2. The van der Waals surface area contributed by atoms with Gasteiger partial charge in [-0.05, 0) is 42.8 Å². The monoisotopic (exact) mass is 358 g/mol. The van der Waals surface area contributed by atoms with E-state index in [0.717, 1.165) is 18.4 Å². The first kappa shape index (κ1) is 20.4. The number of nitrogens with one attached hydrogen (secondary N) is 1. The minimum absolute atomic E-state index is 0.218. The van der Waals surface area contributed by atoms with Crippen LogP contribution in [0.3, 0.4) is 0 Å². The van der Waals surface area contributed by atoms with Gasteiger partial charge in [-0.1, -0.05) is 25.5 Å². The molecular formula is C17H24ClFN2O3. The van der Waals surface area contributed by atoms with Gasteiger partial charge in [0.15, 0.2) is 0 Å². The van der Waals surface area contributed by atoms with Gasteiger partial charge in [0.05, 0.1) is 6.61 Å². The molecule has 1 aromatic rings. The van der Waals surface area contributed by atoms with E-state index in [-0.39, 0.29) is 18.1 Å². The van der Waals surface area contributed by atoms with Gasteiger partial charge >= 0.3 is 5.97 Å². The lowest BCUT2D eigenvalue weighted by Crippen LogP contribution is -2.49. The van der Waals surface area contributed by atoms with Gasteiger partial charge in [0, 0.05) is 13.5 Å². The Morgan fingerprint density at radius 1 is 1.33 bits per heavy atom. The van der Waals surface area contributed by atoms with Gasteiger partial charge in [-0.2, -0.15) is 0 Å². The van der Waals surface area contributed by atoms with Crippen LogP contribution >= 0.6 is 11.8 Å². The zero-order valence-electron chi connectivity index (χ0n) is 14.2. The van der Waals surface area contributed by atoms with E-state index in [0.29, 0.717) is 6.61 Å². The lowest BCUT2D eigenvalue weighted by Gasteiger charge is -2.22. The second kappa shape index (κ2) is 10.3. The Morgan fingerprint density at radius 3 is 2.50 bits per heavy atom. The Hall–Kier alpha value is -1.66. The van der Waals surface area contributed by atoms with E-state index in [4.69, 9.17) is 16.5 Å². The quantitative estimate of drug-likeness (QED) is 0.419. The summed E-state index contributed by atoms with van der Waals surface area (Å²) in [7, 11) is 1.56. The van der Waals surface area contributed by atoms with Crippen molar-refractivity contribution in [3.63, 3.8) is 0 Å². The van der Waals surface area contributed by atoms with Crippen molar-refractivity contribution in [2.24, 2.45) is 0 Å². The molecule has 5 nitrogen and oxygen atoms in total. The van der Waals surface area contributed by atoms with Crippen LogP contribution < -0.4 is 5.32 Å². The average molecular weight is 359 g/mol. The largest absolute Gasteiger partial charge is 0.464 e. The third kappa shape index (κ3) is 6.84. The molecule has 24 heavy (non-hydrogen) atoms. The van der Waals surface area contributed by atoms with Crippen LogP contribution in [-0.2, 0) is 20.7 Å². The van der Waals surface area contributed by atoms with E-state index >= 15 is 0 Å². The van der Waals surface area contributed by atoms with Crippen molar-refractivity contribution in [2.75, 3.05) is 13.7 Å². The maximum absolute atomic E-state index is 13.0. The Kier molecular flexibility index (Phi) is 8.71. The van der Waals surface area contributed by atoms with E-state index in [1.807, 2.05) is 6.92 Å². The summed E-state index contributed by atoms with van der Waals surface area (Å²) in [5.41, 5.74) is 0.723. The molecule has 1 aromatic carbocycles. The topological polar surface area (TPSA) is 58.6 Å². The summed E-state index contributed by atoms with van der Waals surface area (Å²) in [4.78, 5) is 24.4. The average Bonchev–Trinajstić information content (AvgIpc) is 2.55. The number of esters is 1. The molecule has 1 N–H and O–H groups in total. The first-order valence-electron chi connectivity index (χ1n) is 7.95. The predicted molar refractivity (Wildman–Crippen MR) is 91.0 cm³/mol. The third-order valence-corrected chi connectivity index (χ3v) is 3.90. The minimum atomic E-state index is -0.848. The van der Waals surface area contributed by atoms with Gasteiger partial charge in [0.2, 0.25) is 5.91 Å². The molecule has 1 rings (SSSR count). The van der Waals surface area contributed by atoms with E-state index in [9.17, 15) is 14.0 Å². The molecule has 7 heteroatoms. The first-order valence-corrected chi connectivity index (χ1v) is 8.29. The number of hydrogen-bond acceptors (Lipinski definition) is 4. The van der Waals surface area contributed by atoms with Crippen molar-refractivity contribution in [3.8, 4) is 0 Å². The Balaban J connectivity index is 2.79. The molecule has 0 aliphatic heterocycles. The van der Waals surface area contributed by atoms with Crippen molar-refractivity contribution >= 4 is 23.7 Å². The predicted octanol–water partition coefficient (Wildman–Crippen LogP) is 2.67. The molecule has 0 unspecified atom stereocenters.